The van der Waals surface area contributed by atoms with Gasteiger partial charge in [0.2, 0.25) is 11.8 Å². The van der Waals surface area contributed by atoms with Gasteiger partial charge in [-0.2, -0.15) is 0 Å². The summed E-state index contributed by atoms with van der Waals surface area (Å²) in [7, 11) is 0. The van der Waals surface area contributed by atoms with Gasteiger partial charge in [0.25, 0.3) is 0 Å². The van der Waals surface area contributed by atoms with Gasteiger partial charge in [-0.25, -0.2) is 0 Å². The Kier molecular flexibility index (Phi) is 4.41. The van der Waals surface area contributed by atoms with Gasteiger partial charge in [0.15, 0.2) is 0 Å². The van der Waals surface area contributed by atoms with Crippen LogP contribution in [0, 0.1) is 5.41 Å². The lowest BCUT2D eigenvalue weighted by atomic mass is 9.97. The van der Waals surface area contributed by atoms with Crippen molar-refractivity contribution in [1.29, 1.82) is 0 Å². The quantitative estimate of drug-likeness (QED) is 0.775. The number of nitrogens with zero attached hydrogens (tertiary/aromatic N) is 1. The first kappa shape index (κ1) is 17.4. The van der Waals surface area contributed by atoms with Gasteiger partial charge >= 0.3 is 0 Å². The molecule has 6 heteroatoms. The minimum Gasteiger partial charge on any atom is -0.324 e. The highest BCUT2D eigenvalue weighted by atomic mass is 35.5. The average molecular weight is 389 g/mol. The zero-order chi connectivity index (χ0) is 18.3. The minimum absolute atomic E-state index is 0.125. The standard InChI is InChI=1S/C20H18Cl2N2O2/c21-14-7-3-8-15(17(14)22)23-18(25)20(10-11-20)19(26)24-12-4-6-13-5-1-2-9-16(13)24/h1-3,5,7-9H,4,6,10-12H2,(H,23,25). The van der Waals surface area contributed by atoms with Crippen molar-refractivity contribution in [2.75, 3.05) is 16.8 Å². The number of carbonyl (C=O) groups excluding carboxylic acids is 2. The molecule has 1 heterocycles. The fourth-order valence-corrected chi connectivity index (χ4v) is 3.86. The SMILES string of the molecule is O=C(Nc1cccc(Cl)c1Cl)C1(C(=O)N2CCCc3ccccc32)CC1. The lowest BCUT2D eigenvalue weighted by Gasteiger charge is -2.32. The largest absolute Gasteiger partial charge is 0.324 e. The second kappa shape index (κ2) is 6.60. The third-order valence-electron chi connectivity index (χ3n) is 5.15. The van der Waals surface area contributed by atoms with Crippen LogP contribution in [-0.4, -0.2) is 18.4 Å². The molecule has 1 fully saturated rings. The van der Waals surface area contributed by atoms with Gasteiger partial charge in [0.05, 0.1) is 15.7 Å². The number of anilines is 2. The van der Waals surface area contributed by atoms with Crippen molar-refractivity contribution in [3.8, 4) is 0 Å². The number of carbonyl (C=O) groups is 2. The predicted octanol–water partition coefficient (Wildman–Crippen LogP) is 4.69. The number of rotatable bonds is 3. The maximum atomic E-state index is 13.2. The highest BCUT2D eigenvalue weighted by Gasteiger charge is 2.58. The van der Waals surface area contributed by atoms with E-state index in [0.717, 1.165) is 24.1 Å². The molecule has 0 unspecified atom stereocenters. The van der Waals surface area contributed by atoms with E-state index in [1.165, 1.54) is 0 Å². The van der Waals surface area contributed by atoms with E-state index in [1.807, 2.05) is 24.3 Å². The normalized spacial score (nSPS) is 17.4. The van der Waals surface area contributed by atoms with Crippen LogP contribution in [-0.2, 0) is 16.0 Å². The molecular formula is C20H18Cl2N2O2. The van der Waals surface area contributed by atoms with Gasteiger partial charge < -0.3 is 10.2 Å². The van der Waals surface area contributed by atoms with Crippen LogP contribution >= 0.6 is 23.2 Å². The predicted molar refractivity (Wildman–Crippen MR) is 104 cm³/mol. The number of benzene rings is 2. The number of aryl methyl sites for hydroxylation is 1. The van der Waals surface area contributed by atoms with Crippen molar-refractivity contribution in [1.82, 2.24) is 0 Å². The minimum atomic E-state index is -1.00. The van der Waals surface area contributed by atoms with Crippen LogP contribution in [0.2, 0.25) is 10.0 Å². The summed E-state index contributed by atoms with van der Waals surface area (Å²) in [5.41, 5.74) is 1.50. The van der Waals surface area contributed by atoms with Gasteiger partial charge in [-0.15, -0.1) is 0 Å². The molecule has 2 aliphatic rings. The Labute approximate surface area is 162 Å². The molecule has 4 nitrogen and oxygen atoms in total. The average Bonchev–Trinajstić information content (AvgIpc) is 3.46. The van der Waals surface area contributed by atoms with Gasteiger partial charge in [0, 0.05) is 12.2 Å². The lowest BCUT2D eigenvalue weighted by molar-refractivity contribution is -0.132. The summed E-state index contributed by atoms with van der Waals surface area (Å²) in [5.74, 6) is -0.435. The zero-order valence-electron chi connectivity index (χ0n) is 14.1. The van der Waals surface area contributed by atoms with Crippen LogP contribution in [0.4, 0.5) is 11.4 Å². The molecule has 1 N–H and O–H groups in total. The maximum absolute atomic E-state index is 13.2. The van der Waals surface area contributed by atoms with Gasteiger partial charge in [-0.1, -0.05) is 47.5 Å². The van der Waals surface area contributed by atoms with Crippen LogP contribution < -0.4 is 10.2 Å². The van der Waals surface area contributed by atoms with Crippen LogP contribution in [0.25, 0.3) is 0 Å². The second-order valence-electron chi connectivity index (χ2n) is 6.83. The van der Waals surface area contributed by atoms with Crippen LogP contribution in [0.5, 0.6) is 0 Å². The summed E-state index contributed by atoms with van der Waals surface area (Å²) in [4.78, 5) is 27.9. The number of halogens is 2. The molecule has 1 aliphatic carbocycles. The van der Waals surface area contributed by atoms with E-state index >= 15 is 0 Å². The first-order valence-electron chi connectivity index (χ1n) is 8.68. The summed E-state index contributed by atoms with van der Waals surface area (Å²) >= 11 is 12.2. The first-order chi connectivity index (χ1) is 12.5. The second-order valence-corrected chi connectivity index (χ2v) is 7.61. The Hall–Kier alpha value is -2.04. The Balaban J connectivity index is 1.58. The van der Waals surface area contributed by atoms with Gasteiger partial charge in [-0.05, 0) is 49.4 Å². The number of fused-ring (bicyclic) bond motifs is 1. The molecule has 0 radical (unpaired) electrons. The Morgan fingerprint density at radius 3 is 2.58 bits per heavy atom. The monoisotopic (exact) mass is 388 g/mol. The van der Waals surface area contributed by atoms with Crippen molar-refractivity contribution < 1.29 is 9.59 Å². The van der Waals surface area contributed by atoms with Crippen molar-refractivity contribution in [2.45, 2.75) is 25.7 Å². The molecule has 0 atom stereocenters. The van der Waals surface area contributed by atoms with Crippen molar-refractivity contribution >= 4 is 46.4 Å². The summed E-state index contributed by atoms with van der Waals surface area (Å²) < 4.78 is 0. The first-order valence-corrected chi connectivity index (χ1v) is 9.44. The van der Waals surface area contributed by atoms with Crippen LogP contribution in [0.1, 0.15) is 24.8 Å². The van der Waals surface area contributed by atoms with Crippen molar-refractivity contribution in [3.05, 3.63) is 58.1 Å². The smallest absolute Gasteiger partial charge is 0.242 e. The van der Waals surface area contributed by atoms with E-state index < -0.39 is 5.41 Å². The molecular weight excluding hydrogens is 371 g/mol. The third kappa shape index (κ3) is 2.87. The topological polar surface area (TPSA) is 49.4 Å². The number of amides is 2. The highest BCUT2D eigenvalue weighted by Crippen LogP contribution is 2.49. The molecule has 2 amide bonds. The van der Waals surface area contributed by atoms with Gasteiger partial charge in [0.1, 0.15) is 5.41 Å². The van der Waals surface area contributed by atoms with E-state index in [1.54, 1.807) is 23.1 Å². The molecule has 1 aliphatic heterocycles. The van der Waals surface area contributed by atoms with Crippen molar-refractivity contribution in [2.24, 2.45) is 5.41 Å². The number of hydrogen-bond donors (Lipinski definition) is 1. The molecule has 2 aromatic rings. The maximum Gasteiger partial charge on any atom is 0.242 e. The fourth-order valence-electron chi connectivity index (χ4n) is 3.51. The summed E-state index contributed by atoms with van der Waals surface area (Å²) in [5, 5.41) is 3.45. The molecule has 0 spiro atoms. The van der Waals surface area contributed by atoms with E-state index in [2.05, 4.69) is 5.32 Å². The molecule has 4 rings (SSSR count). The van der Waals surface area contributed by atoms with Gasteiger partial charge in [-0.3, -0.25) is 9.59 Å². The Morgan fingerprint density at radius 2 is 1.81 bits per heavy atom. The molecule has 0 aromatic heterocycles. The summed E-state index contributed by atoms with van der Waals surface area (Å²) in [6, 6.07) is 13.0. The van der Waals surface area contributed by atoms with E-state index in [-0.39, 0.29) is 16.8 Å². The molecule has 2 aromatic carbocycles. The lowest BCUT2D eigenvalue weighted by Crippen LogP contribution is -2.45. The molecule has 0 saturated heterocycles. The Morgan fingerprint density at radius 1 is 1.04 bits per heavy atom. The summed E-state index contributed by atoms with van der Waals surface area (Å²) in [6.07, 6.45) is 2.96. The summed E-state index contributed by atoms with van der Waals surface area (Å²) in [6.45, 7) is 0.642. The molecule has 26 heavy (non-hydrogen) atoms. The third-order valence-corrected chi connectivity index (χ3v) is 5.97. The van der Waals surface area contributed by atoms with E-state index in [4.69, 9.17) is 23.2 Å². The zero-order valence-corrected chi connectivity index (χ0v) is 15.6. The van der Waals surface area contributed by atoms with E-state index in [0.29, 0.717) is 30.1 Å². The molecule has 134 valence electrons. The molecule has 0 bridgehead atoms. The highest BCUT2D eigenvalue weighted by molar-refractivity contribution is 6.44. The number of para-hydroxylation sites is 1. The van der Waals surface area contributed by atoms with Crippen LogP contribution in [0.3, 0.4) is 0 Å². The Bertz CT molecular complexity index is 893. The number of nitrogens with one attached hydrogen (secondary N) is 1. The van der Waals surface area contributed by atoms with E-state index in [9.17, 15) is 9.59 Å². The van der Waals surface area contributed by atoms with Crippen molar-refractivity contribution in [3.63, 3.8) is 0 Å². The van der Waals surface area contributed by atoms with Crippen LogP contribution in [0.15, 0.2) is 42.5 Å². The number of hydrogen-bond acceptors (Lipinski definition) is 2. The fraction of sp³-hybridized carbons (Fsp3) is 0.300. The molecule has 1 saturated carbocycles.